The topological polar surface area (TPSA) is 86.5 Å². The second kappa shape index (κ2) is 9.46. The highest BCUT2D eigenvalue weighted by molar-refractivity contribution is 6.13. The van der Waals surface area contributed by atoms with Gasteiger partial charge in [0, 0.05) is 29.5 Å². The Hall–Kier alpha value is -4.65. The van der Waals surface area contributed by atoms with Crippen molar-refractivity contribution in [2.75, 3.05) is 12.4 Å². The number of anilines is 1. The summed E-state index contributed by atoms with van der Waals surface area (Å²) in [6.45, 7) is 0.345. The normalized spacial score (nSPS) is 10.7. The lowest BCUT2D eigenvalue weighted by Crippen LogP contribution is -2.13. The van der Waals surface area contributed by atoms with Crippen molar-refractivity contribution >= 4 is 22.5 Å². The van der Waals surface area contributed by atoms with Crippen LogP contribution >= 0.6 is 0 Å². The second-order valence-corrected chi connectivity index (χ2v) is 7.51. The summed E-state index contributed by atoms with van der Waals surface area (Å²) >= 11 is 0. The lowest BCUT2D eigenvalue weighted by Gasteiger charge is -2.14. The monoisotopic (exact) mass is 451 g/mol. The van der Waals surface area contributed by atoms with E-state index in [1.165, 1.54) is 0 Å². The number of carbonyl (C=O) groups is 1. The van der Waals surface area contributed by atoms with Gasteiger partial charge in [0.2, 0.25) is 0 Å². The molecule has 0 bridgehead atoms. The fourth-order valence-electron chi connectivity index (χ4n) is 3.62. The maximum atomic E-state index is 13.3. The summed E-state index contributed by atoms with van der Waals surface area (Å²) in [7, 11) is 1.58. The predicted molar refractivity (Wildman–Crippen MR) is 129 cm³/mol. The molecule has 0 saturated carbocycles. The molecule has 0 aliphatic carbocycles. The Bertz CT molecular complexity index is 1430. The van der Waals surface area contributed by atoms with Gasteiger partial charge in [-0.2, -0.15) is 0 Å². The first-order valence-corrected chi connectivity index (χ1v) is 10.7. The largest absolute Gasteiger partial charge is 0.493 e. The van der Waals surface area contributed by atoms with E-state index in [9.17, 15) is 4.79 Å². The van der Waals surface area contributed by atoms with Gasteiger partial charge < -0.3 is 19.2 Å². The highest BCUT2D eigenvalue weighted by Gasteiger charge is 2.16. The summed E-state index contributed by atoms with van der Waals surface area (Å²) in [6.07, 6.45) is 5.00. The van der Waals surface area contributed by atoms with E-state index in [1.54, 1.807) is 56.1 Å². The molecule has 2 aromatic carbocycles. The van der Waals surface area contributed by atoms with Crippen molar-refractivity contribution < 1.29 is 18.7 Å². The number of hydrogen-bond donors (Lipinski definition) is 1. The van der Waals surface area contributed by atoms with E-state index in [0.29, 0.717) is 46.3 Å². The molecule has 3 heterocycles. The van der Waals surface area contributed by atoms with E-state index in [1.807, 2.05) is 42.5 Å². The lowest BCUT2D eigenvalue weighted by molar-refractivity contribution is 0.102. The summed E-state index contributed by atoms with van der Waals surface area (Å²) in [6, 6.07) is 21.9. The minimum Gasteiger partial charge on any atom is -0.493 e. The zero-order valence-electron chi connectivity index (χ0n) is 18.4. The van der Waals surface area contributed by atoms with Crippen molar-refractivity contribution in [2.45, 2.75) is 6.61 Å². The molecule has 1 amide bonds. The second-order valence-electron chi connectivity index (χ2n) is 7.51. The van der Waals surface area contributed by atoms with Crippen LogP contribution in [0.5, 0.6) is 11.5 Å². The number of benzene rings is 2. The Labute approximate surface area is 196 Å². The van der Waals surface area contributed by atoms with Gasteiger partial charge in [0.25, 0.3) is 5.91 Å². The maximum absolute atomic E-state index is 13.3. The smallest absolute Gasteiger partial charge is 0.256 e. The molecule has 168 valence electrons. The summed E-state index contributed by atoms with van der Waals surface area (Å²) in [5, 5.41) is 3.72. The molecule has 5 rings (SSSR count). The number of aromatic nitrogens is 2. The average Bonchev–Trinajstić information content (AvgIpc) is 3.43. The molecule has 0 atom stereocenters. The van der Waals surface area contributed by atoms with E-state index in [-0.39, 0.29) is 5.91 Å². The number of hydrogen-bond acceptors (Lipinski definition) is 6. The molecule has 0 aliphatic rings. The number of nitrogens with zero attached hydrogens (tertiary/aromatic N) is 2. The van der Waals surface area contributed by atoms with Crippen molar-refractivity contribution in [1.82, 2.24) is 9.97 Å². The first kappa shape index (κ1) is 21.2. The number of fused-ring (bicyclic) bond motifs is 1. The third-order valence-electron chi connectivity index (χ3n) is 5.30. The van der Waals surface area contributed by atoms with Crippen molar-refractivity contribution in [3.05, 3.63) is 103 Å². The predicted octanol–water partition coefficient (Wildman–Crippen LogP) is 5.73. The van der Waals surface area contributed by atoms with Crippen LogP contribution in [0.2, 0.25) is 0 Å². The van der Waals surface area contributed by atoms with Crippen molar-refractivity contribution in [1.29, 1.82) is 0 Å². The molecule has 0 saturated heterocycles. The molecule has 7 nitrogen and oxygen atoms in total. The molecule has 0 aliphatic heterocycles. The zero-order valence-corrected chi connectivity index (χ0v) is 18.4. The standard InChI is InChI=1S/C27H21N3O4/c1-32-25-9-8-19(15-26(25)34-17-18-10-12-28-13-11-18)29-27(31)21-16-23(24-7-4-14-33-24)30-22-6-3-2-5-20(21)22/h2-16H,17H2,1H3,(H,29,31). The van der Waals surface area contributed by atoms with E-state index in [0.717, 1.165) is 10.9 Å². The molecule has 0 fully saturated rings. The Morgan fingerprint density at radius 2 is 1.82 bits per heavy atom. The summed E-state index contributed by atoms with van der Waals surface area (Å²) < 4.78 is 16.9. The number of rotatable bonds is 7. The number of carbonyl (C=O) groups excluding carboxylic acids is 1. The highest BCUT2D eigenvalue weighted by Crippen LogP contribution is 2.32. The van der Waals surface area contributed by atoms with Gasteiger partial charge in [0.05, 0.1) is 24.5 Å². The van der Waals surface area contributed by atoms with Gasteiger partial charge in [-0.3, -0.25) is 9.78 Å². The number of nitrogens with one attached hydrogen (secondary N) is 1. The van der Waals surface area contributed by atoms with Crippen LogP contribution in [0.3, 0.4) is 0 Å². The van der Waals surface area contributed by atoms with E-state index >= 15 is 0 Å². The Morgan fingerprint density at radius 1 is 0.971 bits per heavy atom. The van der Waals surface area contributed by atoms with Crippen LogP contribution in [0.1, 0.15) is 15.9 Å². The number of amides is 1. The molecule has 1 N–H and O–H groups in total. The van der Waals surface area contributed by atoms with Gasteiger partial charge in [-0.25, -0.2) is 4.98 Å². The van der Waals surface area contributed by atoms with Gasteiger partial charge in [-0.15, -0.1) is 0 Å². The summed E-state index contributed by atoms with van der Waals surface area (Å²) in [4.78, 5) is 22.0. The fraction of sp³-hybridized carbons (Fsp3) is 0.0741. The Kier molecular flexibility index (Phi) is 5.90. The summed E-state index contributed by atoms with van der Waals surface area (Å²) in [5.41, 5.74) is 3.34. The zero-order chi connectivity index (χ0) is 23.3. The van der Waals surface area contributed by atoms with Crippen molar-refractivity contribution in [2.24, 2.45) is 0 Å². The van der Waals surface area contributed by atoms with Gasteiger partial charge >= 0.3 is 0 Å². The molecule has 0 radical (unpaired) electrons. The number of para-hydroxylation sites is 1. The van der Waals surface area contributed by atoms with E-state index in [4.69, 9.17) is 13.9 Å². The number of methoxy groups -OCH3 is 1. The minimum absolute atomic E-state index is 0.267. The molecule has 7 heteroatoms. The minimum atomic E-state index is -0.267. The molecular formula is C27H21N3O4. The lowest BCUT2D eigenvalue weighted by atomic mass is 10.1. The van der Waals surface area contributed by atoms with Crippen LogP contribution < -0.4 is 14.8 Å². The van der Waals surface area contributed by atoms with Gasteiger partial charge in [0.15, 0.2) is 17.3 Å². The van der Waals surface area contributed by atoms with Gasteiger partial charge in [-0.1, -0.05) is 18.2 Å². The molecule has 5 aromatic rings. The third kappa shape index (κ3) is 4.45. The number of ether oxygens (including phenoxy) is 2. The van der Waals surface area contributed by atoms with Gasteiger partial charge in [-0.05, 0) is 54.1 Å². The SMILES string of the molecule is COc1ccc(NC(=O)c2cc(-c3ccco3)nc3ccccc23)cc1OCc1ccncc1. The van der Waals surface area contributed by atoms with Crippen LogP contribution in [0, 0.1) is 0 Å². The number of furan rings is 1. The third-order valence-corrected chi connectivity index (χ3v) is 5.30. The average molecular weight is 451 g/mol. The van der Waals surface area contributed by atoms with Crippen LogP contribution in [-0.2, 0) is 6.61 Å². The molecule has 0 unspecified atom stereocenters. The fourth-order valence-corrected chi connectivity index (χ4v) is 3.62. The molecule has 3 aromatic heterocycles. The molecule has 0 spiro atoms. The quantitative estimate of drug-likeness (QED) is 0.340. The first-order chi connectivity index (χ1) is 16.7. The Morgan fingerprint density at radius 3 is 2.62 bits per heavy atom. The molecule has 34 heavy (non-hydrogen) atoms. The van der Waals surface area contributed by atoms with Crippen LogP contribution in [-0.4, -0.2) is 23.0 Å². The first-order valence-electron chi connectivity index (χ1n) is 10.7. The van der Waals surface area contributed by atoms with Crippen molar-refractivity contribution in [3.8, 4) is 23.0 Å². The van der Waals surface area contributed by atoms with Crippen LogP contribution in [0.25, 0.3) is 22.4 Å². The van der Waals surface area contributed by atoms with E-state index < -0.39 is 0 Å². The Balaban J connectivity index is 1.44. The van der Waals surface area contributed by atoms with E-state index in [2.05, 4.69) is 15.3 Å². The van der Waals surface area contributed by atoms with Crippen LogP contribution in [0.15, 0.2) is 95.9 Å². The summed E-state index contributed by atoms with van der Waals surface area (Å²) in [5.74, 6) is 1.42. The van der Waals surface area contributed by atoms with Crippen molar-refractivity contribution in [3.63, 3.8) is 0 Å². The van der Waals surface area contributed by atoms with Crippen LogP contribution in [0.4, 0.5) is 5.69 Å². The van der Waals surface area contributed by atoms with Gasteiger partial charge in [0.1, 0.15) is 12.3 Å². The molecular weight excluding hydrogens is 430 g/mol. The highest BCUT2D eigenvalue weighted by atomic mass is 16.5. The number of pyridine rings is 2. The maximum Gasteiger partial charge on any atom is 0.256 e.